The number of nitriles is 1. The van der Waals surface area contributed by atoms with Crippen LogP contribution in [0.5, 0.6) is 0 Å². The summed E-state index contributed by atoms with van der Waals surface area (Å²) >= 11 is 1.38. The molecule has 0 N–H and O–H groups in total. The highest BCUT2D eigenvalue weighted by Gasteiger charge is 2.19. The van der Waals surface area contributed by atoms with E-state index >= 15 is 0 Å². The van der Waals surface area contributed by atoms with Gasteiger partial charge in [-0.25, -0.2) is 4.98 Å². The number of hydrogen-bond acceptors (Lipinski definition) is 5. The van der Waals surface area contributed by atoms with Crippen LogP contribution in [0.1, 0.15) is 38.8 Å². The van der Waals surface area contributed by atoms with Crippen LogP contribution >= 0.6 is 11.8 Å². The van der Waals surface area contributed by atoms with Gasteiger partial charge in [0.15, 0.2) is 5.16 Å². The quantitative estimate of drug-likeness (QED) is 0.339. The van der Waals surface area contributed by atoms with E-state index in [2.05, 4.69) is 69.9 Å². The smallest absolute Gasteiger partial charge is 0.262 e. The topological polar surface area (TPSA) is 61.9 Å². The Labute approximate surface area is 195 Å². The van der Waals surface area contributed by atoms with Gasteiger partial charge in [-0.05, 0) is 58.7 Å². The van der Waals surface area contributed by atoms with Crippen molar-refractivity contribution >= 4 is 22.7 Å². The van der Waals surface area contributed by atoms with Gasteiger partial charge < -0.3 is 0 Å². The molecule has 0 aliphatic rings. The van der Waals surface area contributed by atoms with Crippen LogP contribution in [0.3, 0.4) is 0 Å². The maximum atomic E-state index is 13.4. The molecule has 168 valence electrons. The number of thioether (sulfide) groups is 1. The molecule has 0 saturated carbocycles. The second kappa shape index (κ2) is 10.8. The summed E-state index contributed by atoms with van der Waals surface area (Å²) in [6.45, 7) is 12.0. The molecule has 3 aromatic rings. The van der Waals surface area contributed by atoms with Crippen molar-refractivity contribution in [2.75, 3.05) is 6.54 Å². The highest BCUT2D eigenvalue weighted by molar-refractivity contribution is 8.00. The fourth-order valence-electron chi connectivity index (χ4n) is 3.94. The summed E-state index contributed by atoms with van der Waals surface area (Å²) in [5, 5.41) is 10.7. The standard InChI is InChI=1S/C26H32N4OS/c1-18(2)29(19(3)4)14-15-30-25(31)23-8-6-7-9-24(23)28-26(30)32-22(17-27)16-21-12-10-20(5)11-13-21/h6-13,18-19,22H,14-16H2,1-5H3. The second-order valence-corrected chi connectivity index (χ2v) is 9.89. The van der Waals surface area contributed by atoms with Crippen LogP contribution in [-0.2, 0) is 13.0 Å². The predicted molar refractivity (Wildman–Crippen MR) is 133 cm³/mol. The minimum absolute atomic E-state index is 0.0439. The van der Waals surface area contributed by atoms with E-state index in [1.54, 1.807) is 4.57 Å². The molecule has 0 aliphatic heterocycles. The van der Waals surface area contributed by atoms with Gasteiger partial charge >= 0.3 is 0 Å². The summed E-state index contributed by atoms with van der Waals surface area (Å²) in [5.74, 6) is 0. The van der Waals surface area contributed by atoms with Crippen molar-refractivity contribution < 1.29 is 0 Å². The van der Waals surface area contributed by atoms with Crippen LogP contribution in [-0.4, -0.2) is 38.3 Å². The molecular formula is C26H32N4OS. The first-order valence-electron chi connectivity index (χ1n) is 11.2. The molecule has 6 heteroatoms. The number of hydrogen-bond donors (Lipinski definition) is 0. The molecule has 0 radical (unpaired) electrons. The van der Waals surface area contributed by atoms with Crippen LogP contribution in [0.2, 0.25) is 0 Å². The second-order valence-electron chi connectivity index (χ2n) is 8.72. The minimum Gasteiger partial charge on any atom is -0.297 e. The number of rotatable bonds is 9. The fraction of sp³-hybridized carbons (Fsp3) is 0.423. The summed E-state index contributed by atoms with van der Waals surface area (Å²) in [6.07, 6.45) is 0.605. The summed E-state index contributed by atoms with van der Waals surface area (Å²) < 4.78 is 1.75. The van der Waals surface area contributed by atoms with Crippen molar-refractivity contribution in [2.45, 2.75) is 70.1 Å². The highest BCUT2D eigenvalue weighted by atomic mass is 32.2. The van der Waals surface area contributed by atoms with E-state index in [0.29, 0.717) is 41.1 Å². The largest absolute Gasteiger partial charge is 0.297 e. The van der Waals surface area contributed by atoms with Gasteiger partial charge in [-0.1, -0.05) is 53.7 Å². The Hall–Kier alpha value is -2.62. The van der Waals surface area contributed by atoms with Crippen molar-refractivity contribution in [1.29, 1.82) is 5.26 Å². The number of aromatic nitrogens is 2. The molecule has 0 amide bonds. The van der Waals surface area contributed by atoms with Gasteiger partial charge in [0.2, 0.25) is 0 Å². The van der Waals surface area contributed by atoms with Crippen molar-refractivity contribution in [3.05, 3.63) is 70.0 Å². The first-order valence-corrected chi connectivity index (χ1v) is 12.0. The van der Waals surface area contributed by atoms with Crippen molar-refractivity contribution in [2.24, 2.45) is 0 Å². The number of nitrogens with zero attached hydrogens (tertiary/aromatic N) is 4. The monoisotopic (exact) mass is 448 g/mol. The van der Waals surface area contributed by atoms with Gasteiger partial charge in [0, 0.05) is 25.2 Å². The van der Waals surface area contributed by atoms with Gasteiger partial charge in [-0.2, -0.15) is 5.26 Å². The first kappa shape index (κ1) is 24.0. The Kier molecular flexibility index (Phi) is 8.11. The summed E-state index contributed by atoms with van der Waals surface area (Å²) in [6, 6.07) is 18.8. The fourth-order valence-corrected chi connectivity index (χ4v) is 4.98. The first-order chi connectivity index (χ1) is 15.3. The molecule has 3 rings (SSSR count). The van der Waals surface area contributed by atoms with E-state index in [0.717, 1.165) is 12.1 Å². The highest BCUT2D eigenvalue weighted by Crippen LogP contribution is 2.25. The molecule has 1 aromatic heterocycles. The number of para-hydroxylation sites is 1. The van der Waals surface area contributed by atoms with Crippen molar-refractivity contribution in [1.82, 2.24) is 14.5 Å². The van der Waals surface area contributed by atoms with Crippen molar-refractivity contribution in [3.63, 3.8) is 0 Å². The van der Waals surface area contributed by atoms with E-state index in [9.17, 15) is 10.1 Å². The number of benzene rings is 2. The van der Waals surface area contributed by atoms with Gasteiger partial charge in [0.05, 0.1) is 17.0 Å². The lowest BCUT2D eigenvalue weighted by Gasteiger charge is -2.31. The zero-order valence-corrected chi connectivity index (χ0v) is 20.4. The third-order valence-corrected chi connectivity index (χ3v) is 6.75. The number of aryl methyl sites for hydroxylation is 1. The lowest BCUT2D eigenvalue weighted by Crippen LogP contribution is -2.40. The molecule has 1 heterocycles. The average molecular weight is 449 g/mol. The van der Waals surface area contributed by atoms with Gasteiger partial charge in [0.1, 0.15) is 5.25 Å². The van der Waals surface area contributed by atoms with E-state index in [4.69, 9.17) is 4.98 Å². The maximum absolute atomic E-state index is 13.4. The summed E-state index contributed by atoms with van der Waals surface area (Å²) in [4.78, 5) is 20.5. The normalized spacial score (nSPS) is 12.6. The van der Waals surface area contributed by atoms with Crippen molar-refractivity contribution in [3.8, 4) is 6.07 Å². The molecule has 0 spiro atoms. The van der Waals surface area contributed by atoms with Gasteiger partial charge in [-0.3, -0.25) is 14.3 Å². The van der Waals surface area contributed by atoms with Crippen LogP contribution in [0, 0.1) is 18.3 Å². The molecule has 0 bridgehead atoms. The third-order valence-electron chi connectivity index (χ3n) is 5.67. The Morgan fingerprint density at radius 2 is 1.72 bits per heavy atom. The Bertz CT molecular complexity index is 1140. The molecule has 0 aliphatic carbocycles. The lowest BCUT2D eigenvalue weighted by molar-refractivity contribution is 0.166. The number of fused-ring (bicyclic) bond motifs is 1. The molecule has 5 nitrogen and oxygen atoms in total. The van der Waals surface area contributed by atoms with E-state index in [-0.39, 0.29) is 10.8 Å². The molecule has 2 aromatic carbocycles. The summed E-state index contributed by atoms with van der Waals surface area (Å²) in [5.41, 5.74) is 2.93. The van der Waals surface area contributed by atoms with E-state index in [1.165, 1.54) is 17.3 Å². The maximum Gasteiger partial charge on any atom is 0.262 e. The molecule has 0 saturated heterocycles. The van der Waals surface area contributed by atoms with E-state index in [1.807, 2.05) is 24.3 Å². The van der Waals surface area contributed by atoms with Gasteiger partial charge in [0.25, 0.3) is 5.56 Å². The van der Waals surface area contributed by atoms with Crippen LogP contribution in [0.15, 0.2) is 58.5 Å². The molecule has 32 heavy (non-hydrogen) atoms. The molecule has 1 unspecified atom stereocenters. The predicted octanol–water partition coefficient (Wildman–Crippen LogP) is 5.05. The zero-order chi connectivity index (χ0) is 23.3. The third kappa shape index (κ3) is 5.79. The van der Waals surface area contributed by atoms with Crippen LogP contribution in [0.4, 0.5) is 0 Å². The van der Waals surface area contributed by atoms with Crippen LogP contribution < -0.4 is 5.56 Å². The SMILES string of the molecule is Cc1ccc(CC(C#N)Sc2nc3ccccc3c(=O)n2CCN(C(C)C)C(C)C)cc1. The Morgan fingerprint density at radius 1 is 1.06 bits per heavy atom. The Balaban J connectivity index is 1.94. The zero-order valence-electron chi connectivity index (χ0n) is 19.6. The molecule has 1 atom stereocenters. The molecular weight excluding hydrogens is 416 g/mol. The van der Waals surface area contributed by atoms with Gasteiger partial charge in [-0.15, -0.1) is 0 Å². The lowest BCUT2D eigenvalue weighted by atomic mass is 10.1. The minimum atomic E-state index is -0.330. The van der Waals surface area contributed by atoms with Crippen LogP contribution in [0.25, 0.3) is 10.9 Å². The molecule has 0 fully saturated rings. The average Bonchev–Trinajstić information content (AvgIpc) is 2.76. The Morgan fingerprint density at radius 3 is 2.34 bits per heavy atom. The summed E-state index contributed by atoms with van der Waals surface area (Å²) in [7, 11) is 0. The van der Waals surface area contributed by atoms with E-state index < -0.39 is 0 Å².